The van der Waals surface area contributed by atoms with Crippen LogP contribution in [0.2, 0.25) is 0 Å². The SMILES string of the molecule is CCC1CCCC(C(N)c2cccnc2N)C1. The summed E-state index contributed by atoms with van der Waals surface area (Å²) in [6, 6.07) is 3.99. The van der Waals surface area contributed by atoms with Crippen molar-refractivity contribution in [2.45, 2.75) is 45.1 Å². The Morgan fingerprint density at radius 1 is 1.47 bits per heavy atom. The number of nitrogens with zero attached hydrogens (tertiary/aromatic N) is 1. The third-order valence-corrected chi connectivity index (χ3v) is 4.14. The number of aromatic nitrogens is 1. The van der Waals surface area contributed by atoms with Gasteiger partial charge in [-0.3, -0.25) is 0 Å². The molecule has 3 heteroatoms. The lowest BCUT2D eigenvalue weighted by molar-refractivity contribution is 0.230. The van der Waals surface area contributed by atoms with Crippen LogP contribution in [-0.2, 0) is 0 Å². The molecule has 4 N–H and O–H groups in total. The molecule has 0 spiro atoms. The zero-order valence-corrected chi connectivity index (χ0v) is 10.6. The van der Waals surface area contributed by atoms with E-state index in [9.17, 15) is 0 Å². The average molecular weight is 233 g/mol. The average Bonchev–Trinajstić information content (AvgIpc) is 2.38. The lowest BCUT2D eigenvalue weighted by Gasteiger charge is -2.32. The van der Waals surface area contributed by atoms with Gasteiger partial charge in [0.1, 0.15) is 5.82 Å². The maximum Gasteiger partial charge on any atom is 0.128 e. The number of anilines is 1. The van der Waals surface area contributed by atoms with Crippen molar-refractivity contribution in [3.63, 3.8) is 0 Å². The van der Waals surface area contributed by atoms with Gasteiger partial charge in [0.15, 0.2) is 0 Å². The van der Waals surface area contributed by atoms with Gasteiger partial charge in [-0.25, -0.2) is 4.98 Å². The van der Waals surface area contributed by atoms with Crippen molar-refractivity contribution in [1.82, 2.24) is 4.98 Å². The van der Waals surface area contributed by atoms with Crippen LogP contribution in [-0.4, -0.2) is 4.98 Å². The molecular weight excluding hydrogens is 210 g/mol. The standard InChI is InChI=1S/C14H23N3/c1-2-10-5-3-6-11(9-10)13(15)12-7-4-8-17-14(12)16/h4,7-8,10-11,13H,2-3,5-6,9,15H2,1H3,(H2,16,17). The molecule has 0 radical (unpaired) electrons. The van der Waals surface area contributed by atoms with Crippen LogP contribution in [0.1, 0.15) is 50.6 Å². The molecule has 1 aliphatic rings. The minimum atomic E-state index is 0.0537. The highest BCUT2D eigenvalue weighted by molar-refractivity contribution is 5.41. The van der Waals surface area contributed by atoms with Gasteiger partial charge in [-0.15, -0.1) is 0 Å². The molecule has 3 unspecified atom stereocenters. The minimum absolute atomic E-state index is 0.0537. The van der Waals surface area contributed by atoms with Gasteiger partial charge in [-0.2, -0.15) is 0 Å². The second kappa shape index (κ2) is 5.50. The molecule has 1 aliphatic carbocycles. The number of pyridine rings is 1. The maximum atomic E-state index is 6.37. The first-order valence-electron chi connectivity index (χ1n) is 6.68. The van der Waals surface area contributed by atoms with E-state index >= 15 is 0 Å². The Morgan fingerprint density at radius 2 is 2.29 bits per heavy atom. The lowest BCUT2D eigenvalue weighted by atomic mass is 9.75. The van der Waals surface area contributed by atoms with Crippen LogP contribution in [0.25, 0.3) is 0 Å². The van der Waals surface area contributed by atoms with E-state index in [4.69, 9.17) is 11.5 Å². The van der Waals surface area contributed by atoms with Crippen molar-refractivity contribution >= 4 is 5.82 Å². The van der Waals surface area contributed by atoms with E-state index in [-0.39, 0.29) is 6.04 Å². The van der Waals surface area contributed by atoms with Gasteiger partial charge in [0.2, 0.25) is 0 Å². The van der Waals surface area contributed by atoms with E-state index in [0.29, 0.717) is 11.7 Å². The molecule has 1 fully saturated rings. The zero-order valence-electron chi connectivity index (χ0n) is 10.6. The molecule has 94 valence electrons. The number of nitrogen functional groups attached to an aromatic ring is 1. The molecule has 1 saturated carbocycles. The third-order valence-electron chi connectivity index (χ3n) is 4.14. The summed E-state index contributed by atoms with van der Waals surface area (Å²) in [6.07, 6.45) is 8.13. The fraction of sp³-hybridized carbons (Fsp3) is 0.643. The molecule has 1 aromatic rings. The van der Waals surface area contributed by atoms with Crippen molar-refractivity contribution in [2.24, 2.45) is 17.6 Å². The van der Waals surface area contributed by atoms with Crippen molar-refractivity contribution in [2.75, 3.05) is 5.73 Å². The zero-order chi connectivity index (χ0) is 12.3. The molecule has 0 bridgehead atoms. The molecule has 0 aliphatic heterocycles. The lowest BCUT2D eigenvalue weighted by Crippen LogP contribution is -2.27. The van der Waals surface area contributed by atoms with Crippen LogP contribution < -0.4 is 11.5 Å². The Morgan fingerprint density at radius 3 is 3.00 bits per heavy atom. The first kappa shape index (κ1) is 12.4. The fourth-order valence-corrected chi connectivity index (χ4v) is 3.00. The summed E-state index contributed by atoms with van der Waals surface area (Å²) >= 11 is 0. The molecule has 17 heavy (non-hydrogen) atoms. The highest BCUT2D eigenvalue weighted by atomic mass is 14.8. The summed E-state index contributed by atoms with van der Waals surface area (Å²) in [5.41, 5.74) is 13.3. The number of hydrogen-bond donors (Lipinski definition) is 2. The summed E-state index contributed by atoms with van der Waals surface area (Å²) in [6.45, 7) is 2.27. The van der Waals surface area contributed by atoms with Crippen molar-refractivity contribution in [3.8, 4) is 0 Å². The van der Waals surface area contributed by atoms with Gasteiger partial charge in [0.25, 0.3) is 0 Å². The summed E-state index contributed by atoms with van der Waals surface area (Å²) in [7, 11) is 0. The fourth-order valence-electron chi connectivity index (χ4n) is 3.00. The van der Waals surface area contributed by atoms with E-state index < -0.39 is 0 Å². The molecule has 2 rings (SSSR count). The summed E-state index contributed by atoms with van der Waals surface area (Å²) in [5, 5.41) is 0. The second-order valence-electron chi connectivity index (χ2n) is 5.20. The first-order valence-corrected chi connectivity index (χ1v) is 6.68. The van der Waals surface area contributed by atoms with Crippen LogP contribution in [0, 0.1) is 11.8 Å². The summed E-state index contributed by atoms with van der Waals surface area (Å²) in [4.78, 5) is 4.13. The van der Waals surface area contributed by atoms with Gasteiger partial charge >= 0.3 is 0 Å². The Balaban J connectivity index is 2.09. The molecular formula is C14H23N3. The van der Waals surface area contributed by atoms with Crippen molar-refractivity contribution in [1.29, 1.82) is 0 Å². The van der Waals surface area contributed by atoms with Crippen LogP contribution in [0.3, 0.4) is 0 Å². The topological polar surface area (TPSA) is 64.9 Å². The van der Waals surface area contributed by atoms with E-state index in [1.807, 2.05) is 12.1 Å². The van der Waals surface area contributed by atoms with Gasteiger partial charge < -0.3 is 11.5 Å². The Hall–Kier alpha value is -1.09. The largest absolute Gasteiger partial charge is 0.383 e. The Bertz CT molecular complexity index is 364. The number of nitrogens with two attached hydrogens (primary N) is 2. The molecule has 0 amide bonds. The Kier molecular flexibility index (Phi) is 4.00. The van der Waals surface area contributed by atoms with E-state index in [0.717, 1.165) is 11.5 Å². The molecule has 1 heterocycles. The first-order chi connectivity index (χ1) is 8.22. The monoisotopic (exact) mass is 233 g/mol. The molecule has 3 atom stereocenters. The maximum absolute atomic E-state index is 6.37. The number of rotatable bonds is 3. The van der Waals surface area contributed by atoms with Gasteiger partial charge in [0.05, 0.1) is 0 Å². The van der Waals surface area contributed by atoms with Crippen LogP contribution in [0.5, 0.6) is 0 Å². The molecule has 0 saturated heterocycles. The highest BCUT2D eigenvalue weighted by Crippen LogP contribution is 2.38. The smallest absolute Gasteiger partial charge is 0.128 e. The van der Waals surface area contributed by atoms with Crippen molar-refractivity contribution in [3.05, 3.63) is 23.9 Å². The predicted molar refractivity (Wildman–Crippen MR) is 71.3 cm³/mol. The summed E-state index contributed by atoms with van der Waals surface area (Å²) in [5.74, 6) is 2.01. The van der Waals surface area contributed by atoms with E-state index in [2.05, 4.69) is 11.9 Å². The van der Waals surface area contributed by atoms with Crippen LogP contribution in [0.15, 0.2) is 18.3 Å². The molecule has 3 nitrogen and oxygen atoms in total. The van der Waals surface area contributed by atoms with Gasteiger partial charge in [0, 0.05) is 17.8 Å². The van der Waals surface area contributed by atoms with Crippen LogP contribution in [0.4, 0.5) is 5.82 Å². The minimum Gasteiger partial charge on any atom is -0.383 e. The normalized spacial score (nSPS) is 26.7. The number of hydrogen-bond acceptors (Lipinski definition) is 3. The summed E-state index contributed by atoms with van der Waals surface area (Å²) < 4.78 is 0. The molecule has 1 aromatic heterocycles. The quantitative estimate of drug-likeness (QED) is 0.843. The molecule has 0 aromatic carbocycles. The second-order valence-corrected chi connectivity index (χ2v) is 5.20. The predicted octanol–water partition coefficient (Wildman–Crippen LogP) is 2.88. The van der Waals surface area contributed by atoms with Gasteiger partial charge in [-0.1, -0.05) is 32.3 Å². The highest BCUT2D eigenvalue weighted by Gasteiger charge is 2.27. The Labute approximate surface area is 104 Å². The third kappa shape index (κ3) is 2.78. The van der Waals surface area contributed by atoms with Crippen molar-refractivity contribution < 1.29 is 0 Å². The van der Waals surface area contributed by atoms with E-state index in [1.54, 1.807) is 6.20 Å². The van der Waals surface area contributed by atoms with Crippen LogP contribution >= 0.6 is 0 Å². The van der Waals surface area contributed by atoms with Gasteiger partial charge in [-0.05, 0) is 30.7 Å². The van der Waals surface area contributed by atoms with E-state index in [1.165, 1.54) is 32.1 Å².